The number of ether oxygens (including phenoxy) is 1. The molecule has 0 aliphatic heterocycles. The van der Waals surface area contributed by atoms with Crippen LogP contribution in [0.3, 0.4) is 0 Å². The Hall–Kier alpha value is -2.51. The number of methoxy groups -OCH3 is 1. The fourth-order valence-electron chi connectivity index (χ4n) is 2.36. The van der Waals surface area contributed by atoms with Crippen LogP contribution in [0.2, 0.25) is 0 Å². The molecule has 0 atom stereocenters. The first kappa shape index (κ1) is 13.5. The summed E-state index contributed by atoms with van der Waals surface area (Å²) in [4.78, 5) is 4.50. The van der Waals surface area contributed by atoms with Crippen molar-refractivity contribution in [1.82, 2.24) is 9.55 Å². The summed E-state index contributed by atoms with van der Waals surface area (Å²) < 4.78 is 7.21. The van der Waals surface area contributed by atoms with E-state index in [4.69, 9.17) is 16.3 Å². The molecule has 0 bridgehead atoms. The zero-order valence-electron chi connectivity index (χ0n) is 11.4. The Labute approximate surface area is 127 Å². The van der Waals surface area contributed by atoms with Gasteiger partial charge in [-0.05, 0) is 24.3 Å². The molecule has 5 heteroatoms. The molecule has 104 valence electrons. The second kappa shape index (κ2) is 5.47. The number of rotatable bonds is 3. The second-order valence-corrected chi connectivity index (χ2v) is 4.75. The van der Waals surface area contributed by atoms with Crippen LogP contribution in [-0.4, -0.2) is 16.7 Å². The third-order valence-electron chi connectivity index (χ3n) is 3.31. The average molecular weight is 298 g/mol. The van der Waals surface area contributed by atoms with Crippen LogP contribution in [0, 0.1) is 11.3 Å². The van der Waals surface area contributed by atoms with E-state index in [-0.39, 0.29) is 5.88 Å². The number of benzene rings is 2. The first-order valence-electron chi connectivity index (χ1n) is 6.39. The summed E-state index contributed by atoms with van der Waals surface area (Å²) in [5, 5.41) is 9.21. The third-order valence-corrected chi connectivity index (χ3v) is 3.55. The van der Waals surface area contributed by atoms with Gasteiger partial charge in [-0.3, -0.25) is 4.57 Å². The van der Waals surface area contributed by atoms with Gasteiger partial charge in [-0.2, -0.15) is 5.26 Å². The minimum absolute atomic E-state index is 0.261. The van der Waals surface area contributed by atoms with E-state index in [1.165, 1.54) is 0 Å². The van der Waals surface area contributed by atoms with Crippen molar-refractivity contribution in [1.29, 1.82) is 5.26 Å². The average Bonchev–Trinajstić information content (AvgIpc) is 2.93. The van der Waals surface area contributed by atoms with Crippen molar-refractivity contribution in [2.24, 2.45) is 0 Å². The van der Waals surface area contributed by atoms with Gasteiger partial charge in [-0.1, -0.05) is 12.1 Å². The topological polar surface area (TPSA) is 50.8 Å². The molecular weight excluding hydrogens is 286 g/mol. The van der Waals surface area contributed by atoms with E-state index in [1.807, 2.05) is 41.0 Å². The molecule has 0 radical (unpaired) electrons. The lowest BCUT2D eigenvalue weighted by Crippen LogP contribution is -1.99. The van der Waals surface area contributed by atoms with Crippen molar-refractivity contribution in [3.05, 3.63) is 53.9 Å². The molecule has 21 heavy (non-hydrogen) atoms. The first-order chi connectivity index (χ1) is 10.3. The fourth-order valence-corrected chi connectivity index (χ4v) is 2.54. The molecule has 0 unspecified atom stereocenters. The molecule has 0 N–H and O–H groups in total. The highest BCUT2D eigenvalue weighted by molar-refractivity contribution is 6.17. The maximum absolute atomic E-state index is 9.21. The Morgan fingerprint density at radius 3 is 2.81 bits per heavy atom. The number of fused-ring (bicyclic) bond motifs is 1. The zero-order chi connectivity index (χ0) is 14.8. The lowest BCUT2D eigenvalue weighted by atomic mass is 10.2. The van der Waals surface area contributed by atoms with Gasteiger partial charge in [0.25, 0.3) is 0 Å². The zero-order valence-corrected chi connectivity index (χ0v) is 12.1. The minimum atomic E-state index is 0.261. The molecule has 3 aromatic rings. The molecule has 0 fully saturated rings. The van der Waals surface area contributed by atoms with Crippen molar-refractivity contribution in [3.63, 3.8) is 0 Å². The second-order valence-electron chi connectivity index (χ2n) is 4.48. The van der Waals surface area contributed by atoms with Crippen molar-refractivity contribution in [3.8, 4) is 17.5 Å². The normalized spacial score (nSPS) is 10.5. The summed E-state index contributed by atoms with van der Waals surface area (Å²) in [5.41, 5.74) is 2.97. The molecule has 1 aromatic heterocycles. The van der Waals surface area contributed by atoms with Gasteiger partial charge in [0.15, 0.2) is 0 Å². The largest absolute Gasteiger partial charge is 0.497 e. The number of nitriles is 1. The molecule has 1 heterocycles. The monoisotopic (exact) mass is 297 g/mol. The van der Waals surface area contributed by atoms with Crippen LogP contribution in [-0.2, 0) is 5.88 Å². The SMILES string of the molecule is COc1cccc(-n2c(CCl)nc3c(C#N)cccc32)c1. The Balaban J connectivity index is 2.33. The number of alkyl halides is 1. The minimum Gasteiger partial charge on any atom is -0.497 e. The highest BCUT2D eigenvalue weighted by atomic mass is 35.5. The van der Waals surface area contributed by atoms with Crippen molar-refractivity contribution in [2.45, 2.75) is 5.88 Å². The smallest absolute Gasteiger partial charge is 0.129 e. The van der Waals surface area contributed by atoms with E-state index < -0.39 is 0 Å². The summed E-state index contributed by atoms with van der Waals surface area (Å²) in [5.74, 6) is 1.71. The maximum Gasteiger partial charge on any atom is 0.129 e. The van der Waals surface area contributed by atoms with Gasteiger partial charge in [-0.25, -0.2) is 4.98 Å². The van der Waals surface area contributed by atoms with E-state index in [0.717, 1.165) is 17.0 Å². The Morgan fingerprint density at radius 2 is 2.10 bits per heavy atom. The van der Waals surface area contributed by atoms with E-state index in [2.05, 4.69) is 11.1 Å². The molecule has 3 rings (SSSR count). The van der Waals surface area contributed by atoms with Crippen LogP contribution in [0.1, 0.15) is 11.4 Å². The van der Waals surface area contributed by atoms with Gasteiger partial charge in [-0.15, -0.1) is 11.6 Å². The van der Waals surface area contributed by atoms with Crippen LogP contribution in [0.5, 0.6) is 5.75 Å². The number of hydrogen-bond acceptors (Lipinski definition) is 3. The molecule has 0 saturated heterocycles. The standard InChI is InChI=1S/C16H12ClN3O/c1-21-13-6-3-5-12(8-13)20-14-7-2-4-11(10-18)16(14)19-15(20)9-17/h2-8H,9H2,1H3. The lowest BCUT2D eigenvalue weighted by Gasteiger charge is -2.09. The van der Waals surface area contributed by atoms with Crippen molar-refractivity contribution >= 4 is 22.6 Å². The van der Waals surface area contributed by atoms with Gasteiger partial charge >= 0.3 is 0 Å². The molecule has 0 saturated carbocycles. The van der Waals surface area contributed by atoms with Crippen molar-refractivity contribution < 1.29 is 4.74 Å². The number of halogens is 1. The number of hydrogen-bond donors (Lipinski definition) is 0. The number of imidazole rings is 1. The quantitative estimate of drug-likeness (QED) is 0.693. The highest BCUT2D eigenvalue weighted by Gasteiger charge is 2.14. The number of nitrogens with zero attached hydrogens (tertiary/aromatic N) is 3. The number of aromatic nitrogens is 2. The Bertz CT molecular complexity index is 848. The predicted molar refractivity (Wildman–Crippen MR) is 81.9 cm³/mol. The van der Waals surface area contributed by atoms with E-state index in [1.54, 1.807) is 13.2 Å². The van der Waals surface area contributed by atoms with E-state index in [9.17, 15) is 5.26 Å². The molecule has 4 nitrogen and oxygen atoms in total. The van der Waals surface area contributed by atoms with Crippen LogP contribution >= 0.6 is 11.6 Å². The van der Waals surface area contributed by atoms with Gasteiger partial charge in [0.1, 0.15) is 23.2 Å². The summed E-state index contributed by atoms with van der Waals surface area (Å²) in [7, 11) is 1.63. The molecule has 0 amide bonds. The Kier molecular flexibility index (Phi) is 3.51. The first-order valence-corrected chi connectivity index (χ1v) is 6.92. The summed E-state index contributed by atoms with van der Waals surface area (Å²) in [6, 6.07) is 15.3. The van der Waals surface area contributed by atoms with Gasteiger partial charge in [0, 0.05) is 6.07 Å². The summed E-state index contributed by atoms with van der Waals surface area (Å²) in [6.07, 6.45) is 0. The van der Waals surface area contributed by atoms with Crippen LogP contribution in [0.25, 0.3) is 16.7 Å². The van der Waals surface area contributed by atoms with Gasteiger partial charge < -0.3 is 4.74 Å². The molecule has 0 spiro atoms. The van der Waals surface area contributed by atoms with Crippen LogP contribution in [0.4, 0.5) is 0 Å². The highest BCUT2D eigenvalue weighted by Crippen LogP contribution is 2.26. The van der Waals surface area contributed by atoms with Crippen LogP contribution < -0.4 is 4.74 Å². The lowest BCUT2D eigenvalue weighted by molar-refractivity contribution is 0.414. The Morgan fingerprint density at radius 1 is 1.29 bits per heavy atom. The van der Waals surface area contributed by atoms with Gasteiger partial charge in [0.05, 0.1) is 29.8 Å². The molecular formula is C16H12ClN3O. The van der Waals surface area contributed by atoms with E-state index in [0.29, 0.717) is 16.9 Å². The van der Waals surface area contributed by atoms with Gasteiger partial charge in [0.2, 0.25) is 0 Å². The van der Waals surface area contributed by atoms with Crippen LogP contribution in [0.15, 0.2) is 42.5 Å². The molecule has 2 aromatic carbocycles. The molecule has 0 aliphatic carbocycles. The summed E-state index contributed by atoms with van der Waals surface area (Å²) >= 11 is 6.03. The number of para-hydroxylation sites is 1. The van der Waals surface area contributed by atoms with E-state index >= 15 is 0 Å². The summed E-state index contributed by atoms with van der Waals surface area (Å²) in [6.45, 7) is 0. The maximum atomic E-state index is 9.21. The van der Waals surface area contributed by atoms with Crippen molar-refractivity contribution in [2.75, 3.05) is 7.11 Å². The predicted octanol–water partition coefficient (Wildman–Crippen LogP) is 3.64. The third kappa shape index (κ3) is 2.22. The fraction of sp³-hybridized carbons (Fsp3) is 0.125. The molecule has 0 aliphatic rings.